The van der Waals surface area contributed by atoms with Gasteiger partial charge in [0.05, 0.1) is 29.5 Å². The lowest BCUT2D eigenvalue weighted by atomic mass is 9.88. The van der Waals surface area contributed by atoms with Crippen LogP contribution in [-0.2, 0) is 21.4 Å². The number of hydrogen-bond acceptors (Lipinski definition) is 12. The minimum atomic E-state index is -0.579. The zero-order chi connectivity index (χ0) is 47.6. The SMILES string of the molecule is COc1cc(N2CCN(C(=O)C(C)N3CCC(c4ccc(NC5CCC(=O)NC5=O)cc4F)CC3)CC2)c(-c2cnn(C)c2)cc1Nc1ncc(Br)c(Nc2ccc3ccccc3c2P(C)C)n1. The molecule has 3 saturated heterocycles. The molecule has 4 aromatic carbocycles. The topological polar surface area (TPSA) is 162 Å². The summed E-state index contributed by atoms with van der Waals surface area (Å²) < 4.78 is 24.0. The van der Waals surface area contributed by atoms with Crippen LogP contribution in [0.25, 0.3) is 21.9 Å². The number of nitrogens with zero attached hydrogens (tertiary/aromatic N) is 7. The molecule has 9 rings (SSSR count). The lowest BCUT2D eigenvalue weighted by Gasteiger charge is -2.41. The molecule has 0 bridgehead atoms. The number of likely N-dealkylation sites (tertiary alicyclic amines) is 1. The monoisotopic (exact) mass is 1000 g/mol. The van der Waals surface area contributed by atoms with E-state index in [-0.39, 0.29) is 36.0 Å². The van der Waals surface area contributed by atoms with Crippen molar-refractivity contribution in [2.75, 3.05) is 80.6 Å². The van der Waals surface area contributed by atoms with Crippen LogP contribution < -0.4 is 36.2 Å². The third-order valence-corrected chi connectivity index (χ3v) is 15.3. The average molecular weight is 1000 g/mol. The number of fused-ring (bicyclic) bond motifs is 1. The number of amides is 3. The van der Waals surface area contributed by atoms with Crippen molar-refractivity contribution >= 4 is 92.2 Å². The van der Waals surface area contributed by atoms with E-state index in [9.17, 15) is 14.4 Å². The first-order valence-corrected chi connectivity index (χ1v) is 26.0. The molecule has 4 N–H and O–H groups in total. The molecular formula is C50H56BrFN11O4P. The van der Waals surface area contributed by atoms with Gasteiger partial charge in [-0.25, -0.2) is 9.37 Å². The second kappa shape index (κ2) is 20.2. The van der Waals surface area contributed by atoms with E-state index in [0.717, 1.165) is 39.8 Å². The summed E-state index contributed by atoms with van der Waals surface area (Å²) >= 11 is 3.68. The van der Waals surface area contributed by atoms with E-state index in [2.05, 4.69) is 107 Å². The number of benzene rings is 4. The molecule has 3 fully saturated rings. The predicted molar refractivity (Wildman–Crippen MR) is 272 cm³/mol. The van der Waals surface area contributed by atoms with Gasteiger partial charge in [-0.1, -0.05) is 44.3 Å². The van der Waals surface area contributed by atoms with Gasteiger partial charge in [-0.15, -0.1) is 0 Å². The molecule has 0 spiro atoms. The van der Waals surface area contributed by atoms with Gasteiger partial charge in [0.2, 0.25) is 23.7 Å². The number of nitrogens with one attached hydrogen (secondary N) is 4. The number of carbonyl (C=O) groups excluding carboxylic acids is 3. The highest BCUT2D eigenvalue weighted by Gasteiger charge is 2.33. The van der Waals surface area contributed by atoms with E-state index in [4.69, 9.17) is 9.72 Å². The molecule has 3 aliphatic rings. The van der Waals surface area contributed by atoms with Gasteiger partial charge >= 0.3 is 0 Å². The van der Waals surface area contributed by atoms with Gasteiger partial charge in [0.1, 0.15) is 23.4 Å². The Hall–Kier alpha value is -6.16. The maximum absolute atomic E-state index is 15.5. The first kappa shape index (κ1) is 46.9. The van der Waals surface area contributed by atoms with Crippen LogP contribution in [0.1, 0.15) is 44.1 Å². The van der Waals surface area contributed by atoms with E-state index < -0.39 is 19.9 Å². The number of carbonyl (C=O) groups is 3. The molecule has 68 heavy (non-hydrogen) atoms. The molecule has 18 heteroatoms. The van der Waals surface area contributed by atoms with Crippen molar-refractivity contribution in [1.82, 2.24) is 34.9 Å². The highest BCUT2D eigenvalue weighted by Crippen LogP contribution is 2.42. The molecule has 0 saturated carbocycles. The van der Waals surface area contributed by atoms with Crippen molar-refractivity contribution in [1.29, 1.82) is 0 Å². The van der Waals surface area contributed by atoms with Crippen LogP contribution in [0.5, 0.6) is 5.75 Å². The molecule has 3 amide bonds. The number of piperazine rings is 1. The van der Waals surface area contributed by atoms with E-state index in [0.29, 0.717) is 80.1 Å². The van der Waals surface area contributed by atoms with Crippen LogP contribution in [0.15, 0.2) is 89.8 Å². The van der Waals surface area contributed by atoms with Gasteiger partial charge in [0.15, 0.2) is 0 Å². The van der Waals surface area contributed by atoms with Crippen LogP contribution in [0.2, 0.25) is 0 Å². The minimum Gasteiger partial charge on any atom is -0.494 e. The first-order valence-electron chi connectivity index (χ1n) is 23.0. The zero-order valence-electron chi connectivity index (χ0n) is 38.9. The third-order valence-electron chi connectivity index (χ3n) is 13.3. The lowest BCUT2D eigenvalue weighted by Crippen LogP contribution is -2.55. The van der Waals surface area contributed by atoms with Gasteiger partial charge in [0.25, 0.3) is 0 Å². The fraction of sp³-hybridized carbons (Fsp3) is 0.360. The van der Waals surface area contributed by atoms with E-state index in [1.807, 2.05) is 43.4 Å². The fourth-order valence-electron chi connectivity index (χ4n) is 9.66. The molecule has 2 unspecified atom stereocenters. The van der Waals surface area contributed by atoms with Crippen molar-refractivity contribution < 1.29 is 23.5 Å². The van der Waals surface area contributed by atoms with Crippen LogP contribution in [-0.4, -0.2) is 119 Å². The van der Waals surface area contributed by atoms with Crippen molar-refractivity contribution in [3.63, 3.8) is 0 Å². The Bertz CT molecular complexity index is 2860. The van der Waals surface area contributed by atoms with Crippen molar-refractivity contribution in [2.24, 2.45) is 7.05 Å². The first-order chi connectivity index (χ1) is 32.8. The number of rotatable bonds is 13. The number of methoxy groups -OCH3 is 1. The predicted octanol–water partition coefficient (Wildman–Crippen LogP) is 7.93. The van der Waals surface area contributed by atoms with E-state index in [1.54, 1.807) is 30.1 Å². The number of piperidine rings is 2. The summed E-state index contributed by atoms with van der Waals surface area (Å²) in [6.45, 7) is 10.2. The zero-order valence-corrected chi connectivity index (χ0v) is 41.3. The molecule has 354 valence electrons. The van der Waals surface area contributed by atoms with Crippen molar-refractivity contribution in [3.8, 4) is 16.9 Å². The van der Waals surface area contributed by atoms with Crippen LogP contribution >= 0.6 is 23.9 Å². The summed E-state index contributed by atoms with van der Waals surface area (Å²) in [5, 5.41) is 20.6. The normalized spacial score (nSPS) is 17.6. The molecule has 5 heterocycles. The van der Waals surface area contributed by atoms with E-state index in [1.165, 1.54) is 22.1 Å². The van der Waals surface area contributed by atoms with Crippen LogP contribution in [0.3, 0.4) is 0 Å². The van der Waals surface area contributed by atoms with Gasteiger partial charge in [0, 0.05) is 91.6 Å². The smallest absolute Gasteiger partial charge is 0.249 e. The number of aromatic nitrogens is 4. The largest absolute Gasteiger partial charge is 0.494 e. The summed E-state index contributed by atoms with van der Waals surface area (Å²) in [6, 6.07) is 20.9. The second-order valence-corrected chi connectivity index (χ2v) is 21.0. The molecule has 15 nitrogen and oxygen atoms in total. The Morgan fingerprint density at radius 1 is 0.941 bits per heavy atom. The molecule has 0 aliphatic carbocycles. The van der Waals surface area contributed by atoms with Gasteiger partial charge in [-0.2, -0.15) is 10.1 Å². The molecule has 2 aromatic heterocycles. The number of ether oxygens (including phenoxy) is 1. The van der Waals surface area contributed by atoms with E-state index >= 15 is 4.39 Å². The van der Waals surface area contributed by atoms with Gasteiger partial charge in [-0.05, 0) is 115 Å². The summed E-state index contributed by atoms with van der Waals surface area (Å²) in [5.74, 6) is 0.738. The average Bonchev–Trinajstić information content (AvgIpc) is 3.78. The molecule has 6 aromatic rings. The van der Waals surface area contributed by atoms with Crippen LogP contribution in [0.4, 0.5) is 38.9 Å². The Morgan fingerprint density at radius 2 is 1.72 bits per heavy atom. The maximum atomic E-state index is 15.5. The summed E-state index contributed by atoms with van der Waals surface area (Å²) in [4.78, 5) is 53.8. The molecule has 2 atom stereocenters. The van der Waals surface area contributed by atoms with Crippen molar-refractivity contribution in [2.45, 2.75) is 50.6 Å². The number of hydrogen-bond donors (Lipinski definition) is 4. The number of aryl methyl sites for hydroxylation is 1. The number of imide groups is 1. The number of halogens is 2. The lowest BCUT2D eigenvalue weighted by molar-refractivity contribution is -0.137. The maximum Gasteiger partial charge on any atom is 0.249 e. The van der Waals surface area contributed by atoms with Crippen molar-refractivity contribution in [3.05, 3.63) is 101 Å². The highest BCUT2D eigenvalue weighted by atomic mass is 79.9. The number of anilines is 6. The Labute approximate surface area is 405 Å². The summed E-state index contributed by atoms with van der Waals surface area (Å²) in [7, 11) is 3.10. The quantitative estimate of drug-likeness (QED) is 0.0655. The Morgan fingerprint density at radius 3 is 2.43 bits per heavy atom. The van der Waals surface area contributed by atoms with Gasteiger partial charge < -0.3 is 30.5 Å². The Kier molecular flexibility index (Phi) is 13.9. The molecule has 3 aliphatic heterocycles. The summed E-state index contributed by atoms with van der Waals surface area (Å²) in [6.07, 6.45) is 7.63. The Balaban J connectivity index is 0.854. The standard InChI is InChI=1S/C50H56BrFN11O4P/c1-30(61-18-16-32(17-19-61)35-12-11-34(24-39(35)52)55-41-14-15-45(64)58-48(41)65)49(66)63-22-20-62(21-23-63)43-26-44(67-3)42(25-37(43)33-27-54-60(2)29-33)57-50-53-28-38(51)47(59-50)56-40-13-10-31-8-6-7-9-36(31)46(40)68(4)5/h6-13,24-30,32,41,55H,14-23H2,1-5H3,(H,58,64,65)(H2,53,56,57,59). The third kappa shape index (κ3) is 10.0. The van der Waals surface area contributed by atoms with Crippen LogP contribution in [0, 0.1) is 5.82 Å². The molecule has 0 radical (unpaired) electrons. The highest BCUT2D eigenvalue weighted by molar-refractivity contribution is 9.10. The second-order valence-electron chi connectivity index (χ2n) is 17.9. The summed E-state index contributed by atoms with van der Waals surface area (Å²) in [5.41, 5.74) is 5.69. The molecular weight excluding hydrogens is 948 g/mol. The fourth-order valence-corrected chi connectivity index (χ4v) is 11.2. The minimum absolute atomic E-state index is 0.0194. The van der Waals surface area contributed by atoms with Gasteiger partial charge in [-0.3, -0.25) is 29.3 Å².